The van der Waals surface area contributed by atoms with Gasteiger partial charge in [0.25, 0.3) is 0 Å². The second-order valence-corrected chi connectivity index (χ2v) is 9.85. The van der Waals surface area contributed by atoms with E-state index in [0.717, 1.165) is 16.7 Å². The first-order valence-corrected chi connectivity index (χ1v) is 13.8. The van der Waals surface area contributed by atoms with Crippen molar-refractivity contribution in [3.05, 3.63) is 132 Å². The van der Waals surface area contributed by atoms with Gasteiger partial charge < -0.3 is 33.5 Å². The molecule has 1 aliphatic heterocycles. The van der Waals surface area contributed by atoms with Crippen molar-refractivity contribution in [1.82, 2.24) is 0 Å². The summed E-state index contributed by atoms with van der Waals surface area (Å²) in [5, 5.41) is 11.5. The highest BCUT2D eigenvalue weighted by Gasteiger charge is 2.48. The maximum atomic E-state index is 11.5. The van der Waals surface area contributed by atoms with Gasteiger partial charge in [0, 0.05) is 0 Å². The zero-order valence-electron chi connectivity index (χ0n) is 23.1. The molecule has 0 unspecified atom stereocenters. The first-order valence-electron chi connectivity index (χ1n) is 13.8. The Morgan fingerprint density at radius 3 is 1.63 bits per heavy atom. The molecule has 0 radical (unpaired) electrons. The van der Waals surface area contributed by atoms with Crippen molar-refractivity contribution in [2.45, 2.75) is 50.5 Å². The molecule has 0 bridgehead atoms. The number of aliphatic hydroxyl groups excluding tert-OH is 1. The van der Waals surface area contributed by atoms with E-state index in [9.17, 15) is 5.11 Å². The third-order valence-electron chi connectivity index (χ3n) is 6.89. The van der Waals surface area contributed by atoms with Crippen molar-refractivity contribution in [2.75, 3.05) is 13.7 Å². The molecule has 7 heteroatoms. The van der Waals surface area contributed by atoms with Gasteiger partial charge in [0.2, 0.25) is 6.29 Å². The largest absolute Gasteiger partial charge is 0.497 e. The number of hydrogen-bond acceptors (Lipinski definition) is 7. The Balaban J connectivity index is 1.37. The van der Waals surface area contributed by atoms with Crippen LogP contribution in [0, 0.1) is 0 Å². The standard InChI is InChI=1S/C34H36O7/c1-36-28-17-19-29(20-18-28)40-34-31(35)33(39-23-27-15-9-4-10-16-27)32(38-22-26-13-7-3-8-14-26)30(41-34)24-37-21-25-11-5-2-6-12-25/h2-20,30-35H,21-24H2,1H3/t30-,31-,32-,33-,34-/m1/s1. The van der Waals surface area contributed by atoms with Crippen molar-refractivity contribution in [3.63, 3.8) is 0 Å². The molecule has 41 heavy (non-hydrogen) atoms. The van der Waals surface area contributed by atoms with E-state index < -0.39 is 30.7 Å². The van der Waals surface area contributed by atoms with Crippen molar-refractivity contribution in [1.29, 1.82) is 0 Å². The Bertz CT molecular complexity index is 1290. The molecule has 4 aromatic rings. The molecule has 7 nitrogen and oxygen atoms in total. The van der Waals surface area contributed by atoms with E-state index in [1.54, 1.807) is 31.4 Å². The van der Waals surface area contributed by atoms with E-state index in [2.05, 4.69) is 0 Å². The molecule has 1 saturated heterocycles. The molecule has 0 amide bonds. The fourth-order valence-corrected chi connectivity index (χ4v) is 4.71. The summed E-state index contributed by atoms with van der Waals surface area (Å²) in [4.78, 5) is 0. The van der Waals surface area contributed by atoms with E-state index in [-0.39, 0.29) is 6.61 Å². The second kappa shape index (κ2) is 14.8. The van der Waals surface area contributed by atoms with E-state index in [1.807, 2.05) is 91.0 Å². The maximum absolute atomic E-state index is 11.5. The molecule has 4 aromatic carbocycles. The highest BCUT2D eigenvalue weighted by Crippen LogP contribution is 2.30. The van der Waals surface area contributed by atoms with Crippen molar-refractivity contribution in [2.24, 2.45) is 0 Å². The molecule has 0 spiro atoms. The average Bonchev–Trinajstić information content (AvgIpc) is 3.03. The number of aliphatic hydroxyl groups is 1. The van der Waals surface area contributed by atoms with Gasteiger partial charge in [0.05, 0.1) is 33.5 Å². The van der Waals surface area contributed by atoms with Gasteiger partial charge in [-0.25, -0.2) is 0 Å². The molecule has 1 N–H and O–H groups in total. The van der Waals surface area contributed by atoms with Crippen LogP contribution >= 0.6 is 0 Å². The van der Waals surface area contributed by atoms with Crippen LogP contribution in [0.1, 0.15) is 16.7 Å². The van der Waals surface area contributed by atoms with Crippen LogP contribution in [0.25, 0.3) is 0 Å². The van der Waals surface area contributed by atoms with Gasteiger partial charge >= 0.3 is 0 Å². The minimum Gasteiger partial charge on any atom is -0.497 e. The number of hydrogen-bond donors (Lipinski definition) is 1. The summed E-state index contributed by atoms with van der Waals surface area (Å²) in [5.74, 6) is 1.23. The second-order valence-electron chi connectivity index (χ2n) is 9.85. The lowest BCUT2D eigenvalue weighted by molar-refractivity contribution is -0.299. The average molecular weight is 557 g/mol. The quantitative estimate of drug-likeness (QED) is 0.232. The Morgan fingerprint density at radius 2 is 1.10 bits per heavy atom. The van der Waals surface area contributed by atoms with Gasteiger partial charge in [-0.15, -0.1) is 0 Å². The van der Waals surface area contributed by atoms with Gasteiger partial charge in [-0.05, 0) is 41.0 Å². The minimum atomic E-state index is -1.13. The molecule has 0 aromatic heterocycles. The summed E-state index contributed by atoms with van der Waals surface area (Å²) in [6.07, 6.45) is -4.09. The lowest BCUT2D eigenvalue weighted by Crippen LogP contribution is -2.61. The summed E-state index contributed by atoms with van der Waals surface area (Å²) in [6, 6.07) is 36.8. The van der Waals surface area contributed by atoms with Gasteiger partial charge in [-0.2, -0.15) is 0 Å². The third-order valence-corrected chi connectivity index (χ3v) is 6.89. The fraction of sp³-hybridized carbons (Fsp3) is 0.294. The predicted molar refractivity (Wildman–Crippen MR) is 154 cm³/mol. The van der Waals surface area contributed by atoms with Crippen LogP contribution in [0.3, 0.4) is 0 Å². The molecule has 0 aliphatic carbocycles. The maximum Gasteiger partial charge on any atom is 0.229 e. The van der Waals surface area contributed by atoms with Crippen molar-refractivity contribution < 1.29 is 33.5 Å². The van der Waals surface area contributed by atoms with Gasteiger partial charge in [0.15, 0.2) is 0 Å². The Morgan fingerprint density at radius 1 is 0.610 bits per heavy atom. The highest BCUT2D eigenvalue weighted by molar-refractivity contribution is 5.31. The first-order chi connectivity index (χ1) is 20.2. The summed E-state index contributed by atoms with van der Waals surface area (Å²) in [7, 11) is 1.61. The molecule has 5 rings (SSSR count). The van der Waals surface area contributed by atoms with Crippen LogP contribution in [-0.4, -0.2) is 49.5 Å². The first kappa shape index (κ1) is 28.8. The fourth-order valence-electron chi connectivity index (χ4n) is 4.71. The van der Waals surface area contributed by atoms with E-state index in [1.165, 1.54) is 0 Å². The van der Waals surface area contributed by atoms with E-state index in [4.69, 9.17) is 28.4 Å². The topological polar surface area (TPSA) is 75.6 Å². The molecule has 1 fully saturated rings. The summed E-state index contributed by atoms with van der Waals surface area (Å²) in [5.41, 5.74) is 3.04. The van der Waals surface area contributed by atoms with Gasteiger partial charge in [-0.1, -0.05) is 91.0 Å². The molecule has 1 heterocycles. The summed E-state index contributed by atoms with van der Waals surface area (Å²) < 4.78 is 36.6. The number of benzene rings is 4. The monoisotopic (exact) mass is 556 g/mol. The Kier molecular flexibility index (Phi) is 10.4. The lowest BCUT2D eigenvalue weighted by atomic mass is 9.98. The normalized spacial score (nSPS) is 22.2. The van der Waals surface area contributed by atoms with Crippen LogP contribution in [0.4, 0.5) is 0 Å². The van der Waals surface area contributed by atoms with Crippen molar-refractivity contribution >= 4 is 0 Å². The van der Waals surface area contributed by atoms with Gasteiger partial charge in [0.1, 0.15) is 35.9 Å². The molecule has 1 aliphatic rings. The number of ether oxygens (including phenoxy) is 6. The van der Waals surface area contributed by atoms with Crippen LogP contribution in [0.15, 0.2) is 115 Å². The summed E-state index contributed by atoms with van der Waals surface area (Å²) >= 11 is 0. The Hall–Kier alpha value is -3.72. The van der Waals surface area contributed by atoms with Crippen LogP contribution in [0.2, 0.25) is 0 Å². The zero-order valence-corrected chi connectivity index (χ0v) is 23.1. The lowest BCUT2D eigenvalue weighted by Gasteiger charge is -2.44. The predicted octanol–water partition coefficient (Wildman–Crippen LogP) is 5.55. The highest BCUT2D eigenvalue weighted by atomic mass is 16.7. The van der Waals surface area contributed by atoms with E-state index in [0.29, 0.717) is 31.3 Å². The van der Waals surface area contributed by atoms with Gasteiger partial charge in [-0.3, -0.25) is 0 Å². The van der Waals surface area contributed by atoms with Crippen LogP contribution in [-0.2, 0) is 38.8 Å². The molecule has 214 valence electrons. The summed E-state index contributed by atoms with van der Waals surface area (Å²) in [6.45, 7) is 1.25. The minimum absolute atomic E-state index is 0.217. The van der Waals surface area contributed by atoms with Crippen LogP contribution < -0.4 is 9.47 Å². The number of rotatable bonds is 13. The molecular formula is C34H36O7. The zero-order chi connectivity index (χ0) is 28.3. The number of methoxy groups -OCH3 is 1. The Labute approximate surface area is 241 Å². The third kappa shape index (κ3) is 8.16. The SMILES string of the molecule is COc1ccc(O[C@@H]2O[C@H](COCc3ccccc3)[C@@H](OCc3ccccc3)[C@H](OCc3ccccc3)[C@H]2O)cc1. The smallest absolute Gasteiger partial charge is 0.229 e. The van der Waals surface area contributed by atoms with Crippen molar-refractivity contribution in [3.8, 4) is 11.5 Å². The molecule has 5 atom stereocenters. The van der Waals surface area contributed by atoms with E-state index >= 15 is 0 Å². The van der Waals surface area contributed by atoms with Crippen LogP contribution in [0.5, 0.6) is 11.5 Å². The molecular weight excluding hydrogens is 520 g/mol. The molecule has 0 saturated carbocycles.